The highest BCUT2D eigenvalue weighted by molar-refractivity contribution is 7.80. The zero-order chi connectivity index (χ0) is 30.4. The summed E-state index contributed by atoms with van der Waals surface area (Å²) < 4.78 is 12.9. The molecule has 13 heteroatoms. The first kappa shape index (κ1) is 30.9. The number of ketones is 2. The van der Waals surface area contributed by atoms with Crippen LogP contribution in [0.1, 0.15) is 56.2 Å². The molecule has 0 atom stereocenters. The number of carboxylic acids is 2. The molecule has 0 aliphatic heterocycles. The predicted octanol–water partition coefficient (Wildman–Crippen LogP) is 5.39. The number of Topliss-reactive ketones (excluding diaryl/α,β-unsaturated/α-hetero) is 2. The summed E-state index contributed by atoms with van der Waals surface area (Å²) in [5.74, 6) is -1.19. The Balaban J connectivity index is 1.41. The van der Waals surface area contributed by atoms with E-state index in [9.17, 15) is 19.2 Å². The van der Waals surface area contributed by atoms with E-state index >= 15 is 0 Å². The maximum Gasteiger partial charge on any atom is 0.303 e. The van der Waals surface area contributed by atoms with Gasteiger partial charge in [-0.3, -0.25) is 19.2 Å². The van der Waals surface area contributed by atoms with Gasteiger partial charge in [-0.05, 0) is 59.4 Å². The average Bonchev–Trinajstić information content (AvgIpc) is 3.58. The van der Waals surface area contributed by atoms with Gasteiger partial charge in [0.2, 0.25) is 0 Å². The fraction of sp³-hybridized carbons (Fsp3) is 0.276. The monoisotopic (exact) mass is 628 g/mol. The van der Waals surface area contributed by atoms with Gasteiger partial charge in [-0.1, -0.05) is 0 Å². The molecule has 4 rings (SSSR count). The van der Waals surface area contributed by atoms with E-state index in [-0.39, 0.29) is 37.2 Å². The van der Waals surface area contributed by atoms with Crippen LogP contribution in [0.25, 0.3) is 20.2 Å². The molecule has 0 fully saturated rings. The molecular weight excluding hydrogens is 601 g/mol. The molecule has 0 amide bonds. The second-order valence-electron chi connectivity index (χ2n) is 9.30. The van der Waals surface area contributed by atoms with Crippen LogP contribution >= 0.6 is 34.9 Å². The third-order valence-corrected chi connectivity index (χ3v) is 8.97. The standard InChI is InChI=1S/C29H28N2O8S3/c1-38-21-7-15-9-25(19(32)3-5-27(34)35)41-23(15)11-17(21)13-30-29(40)31-14-18-12-24-16(8-22(18)39-2)10-26(42-24)20(33)4-6-28(36)37/h7-12H,3-6,13-14H2,1-2H3,(H,34,35)(H,36,37)(H2,30,31,40). The number of thiophene rings is 2. The lowest BCUT2D eigenvalue weighted by Crippen LogP contribution is -2.34. The predicted molar refractivity (Wildman–Crippen MR) is 165 cm³/mol. The number of methoxy groups -OCH3 is 2. The number of hydrogen-bond acceptors (Lipinski definition) is 9. The van der Waals surface area contributed by atoms with E-state index in [2.05, 4.69) is 10.6 Å². The van der Waals surface area contributed by atoms with E-state index in [0.29, 0.717) is 39.5 Å². The quantitative estimate of drug-likeness (QED) is 0.105. The minimum atomic E-state index is -1.01. The van der Waals surface area contributed by atoms with Crippen molar-refractivity contribution in [1.29, 1.82) is 0 Å². The molecule has 0 unspecified atom stereocenters. The van der Waals surface area contributed by atoms with Crippen LogP contribution in [0.15, 0.2) is 36.4 Å². The van der Waals surface area contributed by atoms with Crippen LogP contribution in [-0.4, -0.2) is 53.1 Å². The SMILES string of the molecule is COc1cc2cc(C(=O)CCC(=O)O)sc2cc1CNC(=S)NCc1cc2sc(C(=O)CCC(=O)O)cc2cc1OC. The lowest BCUT2D eigenvalue weighted by atomic mass is 10.1. The first-order valence-electron chi connectivity index (χ1n) is 12.8. The molecule has 0 aliphatic rings. The van der Waals surface area contributed by atoms with Crippen molar-refractivity contribution in [2.45, 2.75) is 38.8 Å². The van der Waals surface area contributed by atoms with Crippen molar-refractivity contribution < 1.29 is 38.9 Å². The molecule has 0 bridgehead atoms. The number of benzene rings is 2. The summed E-state index contributed by atoms with van der Waals surface area (Å²) in [6, 6.07) is 11.0. The van der Waals surface area contributed by atoms with E-state index in [1.165, 1.54) is 22.7 Å². The third kappa shape index (κ3) is 7.60. The summed E-state index contributed by atoms with van der Waals surface area (Å²) >= 11 is 8.12. The second kappa shape index (κ2) is 13.7. The van der Waals surface area contributed by atoms with Gasteiger partial charge in [0.05, 0.1) is 36.8 Å². The van der Waals surface area contributed by atoms with E-state index < -0.39 is 11.9 Å². The molecule has 0 radical (unpaired) electrons. The van der Waals surface area contributed by atoms with Gasteiger partial charge in [-0.2, -0.15) is 0 Å². The molecular formula is C29H28N2O8S3. The van der Waals surface area contributed by atoms with Crippen LogP contribution in [0.2, 0.25) is 0 Å². The molecule has 10 nitrogen and oxygen atoms in total. The van der Waals surface area contributed by atoms with E-state index in [0.717, 1.165) is 31.3 Å². The highest BCUT2D eigenvalue weighted by Gasteiger charge is 2.16. The van der Waals surface area contributed by atoms with E-state index in [1.807, 2.05) is 24.3 Å². The highest BCUT2D eigenvalue weighted by atomic mass is 32.1. The molecule has 2 aromatic carbocycles. The first-order chi connectivity index (χ1) is 20.1. The number of ether oxygens (including phenoxy) is 2. The van der Waals surface area contributed by atoms with Gasteiger partial charge in [0.25, 0.3) is 0 Å². The topological polar surface area (TPSA) is 151 Å². The van der Waals surface area contributed by atoms with Gasteiger partial charge < -0.3 is 30.3 Å². The highest BCUT2D eigenvalue weighted by Crippen LogP contribution is 2.34. The van der Waals surface area contributed by atoms with Gasteiger partial charge in [0.1, 0.15) is 11.5 Å². The summed E-state index contributed by atoms with van der Waals surface area (Å²) in [6.45, 7) is 0.710. The Morgan fingerprint density at radius 3 is 1.45 bits per heavy atom. The molecule has 42 heavy (non-hydrogen) atoms. The zero-order valence-corrected chi connectivity index (χ0v) is 25.2. The summed E-state index contributed by atoms with van der Waals surface area (Å²) in [7, 11) is 3.12. The number of carbonyl (C=O) groups is 4. The van der Waals surface area contributed by atoms with Crippen LogP contribution < -0.4 is 20.1 Å². The van der Waals surface area contributed by atoms with Crippen molar-refractivity contribution in [3.05, 3.63) is 57.3 Å². The lowest BCUT2D eigenvalue weighted by Gasteiger charge is -2.14. The number of hydrogen-bond donors (Lipinski definition) is 4. The maximum atomic E-state index is 12.4. The molecule has 0 saturated heterocycles. The van der Waals surface area contributed by atoms with Crippen molar-refractivity contribution >= 4 is 83.7 Å². The Bertz CT molecular complexity index is 1570. The Labute approximate surface area is 254 Å². The Hall–Kier alpha value is -4.07. The van der Waals surface area contributed by atoms with Gasteiger partial charge in [0.15, 0.2) is 16.7 Å². The van der Waals surface area contributed by atoms with Crippen LogP contribution in [0.3, 0.4) is 0 Å². The lowest BCUT2D eigenvalue weighted by molar-refractivity contribution is -0.137. The van der Waals surface area contributed by atoms with Crippen LogP contribution in [0.4, 0.5) is 0 Å². The average molecular weight is 629 g/mol. The minimum absolute atomic E-state index is 0.0517. The van der Waals surface area contributed by atoms with Crippen LogP contribution in [-0.2, 0) is 22.7 Å². The molecule has 2 heterocycles. The fourth-order valence-electron chi connectivity index (χ4n) is 4.25. The van der Waals surface area contributed by atoms with Crippen molar-refractivity contribution in [2.75, 3.05) is 14.2 Å². The summed E-state index contributed by atoms with van der Waals surface area (Å²) in [5, 5.41) is 26.1. The van der Waals surface area contributed by atoms with Crippen LogP contribution in [0, 0.1) is 0 Å². The number of rotatable bonds is 14. The Morgan fingerprint density at radius 1 is 0.690 bits per heavy atom. The number of nitrogens with one attached hydrogen (secondary N) is 2. The van der Waals surface area contributed by atoms with E-state index in [4.69, 9.17) is 31.9 Å². The molecule has 0 saturated carbocycles. The number of carbonyl (C=O) groups excluding carboxylic acids is 2. The van der Waals surface area contributed by atoms with Crippen molar-refractivity contribution in [2.24, 2.45) is 0 Å². The summed E-state index contributed by atoms with van der Waals surface area (Å²) in [5.41, 5.74) is 1.66. The molecule has 4 aromatic rings. The Morgan fingerprint density at radius 2 is 1.10 bits per heavy atom. The smallest absolute Gasteiger partial charge is 0.303 e. The van der Waals surface area contributed by atoms with Gasteiger partial charge >= 0.3 is 11.9 Å². The normalized spacial score (nSPS) is 10.9. The first-order valence-corrected chi connectivity index (χ1v) is 14.8. The molecule has 220 valence electrons. The van der Waals surface area contributed by atoms with Gasteiger partial charge in [0, 0.05) is 46.5 Å². The second-order valence-corrected chi connectivity index (χ2v) is 11.9. The molecule has 2 aromatic heterocycles. The summed E-state index contributed by atoms with van der Waals surface area (Å²) in [6.07, 6.45) is -0.523. The number of fused-ring (bicyclic) bond motifs is 2. The zero-order valence-electron chi connectivity index (χ0n) is 22.8. The van der Waals surface area contributed by atoms with E-state index in [1.54, 1.807) is 26.4 Å². The molecule has 0 spiro atoms. The van der Waals surface area contributed by atoms with Crippen molar-refractivity contribution in [3.63, 3.8) is 0 Å². The fourth-order valence-corrected chi connectivity index (χ4v) is 6.54. The van der Waals surface area contributed by atoms with Gasteiger partial charge in [-0.15, -0.1) is 22.7 Å². The number of aliphatic carboxylic acids is 2. The van der Waals surface area contributed by atoms with Crippen LogP contribution in [0.5, 0.6) is 11.5 Å². The summed E-state index contributed by atoms with van der Waals surface area (Å²) in [4.78, 5) is 47.4. The van der Waals surface area contributed by atoms with Gasteiger partial charge in [-0.25, -0.2) is 0 Å². The largest absolute Gasteiger partial charge is 0.496 e. The molecule has 4 N–H and O–H groups in total. The van der Waals surface area contributed by atoms with Crippen molar-refractivity contribution in [3.8, 4) is 11.5 Å². The number of carboxylic acid groups (broad SMARTS) is 2. The van der Waals surface area contributed by atoms with Crippen molar-refractivity contribution in [1.82, 2.24) is 10.6 Å². The maximum absolute atomic E-state index is 12.4. The number of thiocarbonyl (C=S) groups is 1. The minimum Gasteiger partial charge on any atom is -0.496 e. The third-order valence-electron chi connectivity index (χ3n) is 6.40. The molecule has 0 aliphatic carbocycles. The Kier molecular flexibility index (Phi) is 10.1.